The normalized spacial score (nSPS) is 29.0. The number of hydrogen-bond acceptors (Lipinski definition) is 17. The van der Waals surface area contributed by atoms with E-state index < -0.39 is 122 Å². The second-order valence-corrected chi connectivity index (χ2v) is 16.8. The van der Waals surface area contributed by atoms with E-state index in [1.54, 1.807) is 55.5 Å². The Bertz CT molecular complexity index is 2190. The van der Waals surface area contributed by atoms with Gasteiger partial charge in [-0.2, -0.15) is 0 Å². The van der Waals surface area contributed by atoms with Crippen LogP contribution >= 0.6 is 0 Å². The van der Waals surface area contributed by atoms with Crippen LogP contribution in [0.25, 0.3) is 6.08 Å². The van der Waals surface area contributed by atoms with Gasteiger partial charge < -0.3 is 104 Å². The number of fused-ring (bicyclic) bond motifs is 1. The molecular weight excluding hydrogens is 935 g/mol. The number of nitrogens with one attached hydrogen (secondary N) is 7. The van der Waals surface area contributed by atoms with Crippen molar-refractivity contribution in [2.45, 2.75) is 106 Å². The summed E-state index contributed by atoms with van der Waals surface area (Å²) in [6.45, 7) is 3.82. The molecule has 0 radical (unpaired) electrons. The summed E-state index contributed by atoms with van der Waals surface area (Å²) >= 11 is 0. The highest BCUT2D eigenvalue weighted by molar-refractivity contribution is 5.91. The lowest BCUT2D eigenvalue weighted by Gasteiger charge is -2.45. The zero-order chi connectivity index (χ0) is 51.0. The molecule has 0 bridgehead atoms. The number of benzene rings is 2. The molecule has 18 N–H and O–H groups in total. The molecule has 4 aliphatic rings. The number of nitrogens with zero attached hydrogens (tertiary/aromatic N) is 1. The Hall–Kier alpha value is -7.01. The summed E-state index contributed by atoms with van der Waals surface area (Å²) in [7, 11) is 0. The van der Waals surface area contributed by atoms with Gasteiger partial charge in [0.25, 0.3) is 0 Å². The lowest BCUT2D eigenvalue weighted by Crippen LogP contribution is -2.70. The number of aliphatic hydroxyl groups is 1. The maximum Gasteiger partial charge on any atom is 0.407 e. The second kappa shape index (κ2) is 25.7. The van der Waals surface area contributed by atoms with Crippen LogP contribution in [0.2, 0.25) is 0 Å². The number of esters is 1. The van der Waals surface area contributed by atoms with E-state index in [2.05, 4.69) is 42.2 Å². The average Bonchev–Trinajstić information content (AvgIpc) is 3.72. The first-order valence-corrected chi connectivity index (χ1v) is 23.0. The van der Waals surface area contributed by atoms with E-state index in [0.29, 0.717) is 18.7 Å². The average molecular weight is 998 g/mol. The van der Waals surface area contributed by atoms with Crippen LogP contribution in [-0.4, -0.2) is 166 Å². The molecule has 4 fully saturated rings. The number of hydrogen-bond donors (Lipinski definition) is 13. The molecule has 2 aromatic carbocycles. The van der Waals surface area contributed by atoms with Crippen LogP contribution < -0.4 is 70.6 Å². The first-order valence-electron chi connectivity index (χ1n) is 23.0. The van der Waals surface area contributed by atoms with Crippen molar-refractivity contribution in [3.8, 4) is 5.75 Å². The molecule has 4 aliphatic heterocycles. The molecule has 0 saturated carbocycles. The van der Waals surface area contributed by atoms with Crippen molar-refractivity contribution < 1.29 is 67.0 Å². The summed E-state index contributed by atoms with van der Waals surface area (Å²) in [5.74, 6) is -1.20. The van der Waals surface area contributed by atoms with Gasteiger partial charge in [0.2, 0.25) is 12.2 Å². The number of ether oxygens (including phenoxy) is 7. The molecular formula is C44H63N13O14. The van der Waals surface area contributed by atoms with E-state index in [4.69, 9.17) is 61.8 Å². The number of amides is 8. The number of alkyl carbamates (subject to hydrolysis) is 1. The molecule has 71 heavy (non-hydrogen) atoms. The summed E-state index contributed by atoms with van der Waals surface area (Å²) in [4.78, 5) is 80.5. The Balaban J connectivity index is 1.13. The van der Waals surface area contributed by atoms with Crippen LogP contribution in [0, 0.1) is 0 Å². The second-order valence-electron chi connectivity index (χ2n) is 16.8. The number of nitrogens with two attached hydrogens (primary N) is 5. The Morgan fingerprint density at radius 3 is 2.27 bits per heavy atom. The van der Waals surface area contributed by atoms with Crippen LogP contribution in [0.1, 0.15) is 42.1 Å². The van der Waals surface area contributed by atoms with Crippen LogP contribution in [0.15, 0.2) is 65.7 Å². The highest BCUT2D eigenvalue weighted by Crippen LogP contribution is 2.31. The van der Waals surface area contributed by atoms with Crippen LogP contribution in [0.5, 0.6) is 5.75 Å². The number of guanidine groups is 1. The first kappa shape index (κ1) is 53.3. The lowest BCUT2D eigenvalue weighted by molar-refractivity contribution is -0.260. The summed E-state index contributed by atoms with van der Waals surface area (Å²) in [6, 6.07) is 5.77. The Morgan fingerprint density at radius 2 is 1.56 bits per heavy atom. The molecule has 27 nitrogen and oxygen atoms in total. The van der Waals surface area contributed by atoms with Gasteiger partial charge in [0.1, 0.15) is 36.1 Å². The number of unbranched alkanes of at least 4 members (excludes halogenated alkanes) is 1. The quantitative estimate of drug-likeness (QED) is 0.0198. The van der Waals surface area contributed by atoms with Gasteiger partial charge in [-0.05, 0) is 81.7 Å². The summed E-state index contributed by atoms with van der Waals surface area (Å²) in [5.41, 5.74) is 29.0. The fourth-order valence-electron chi connectivity index (χ4n) is 8.21. The summed E-state index contributed by atoms with van der Waals surface area (Å²) in [5, 5.41) is 30.3. The minimum absolute atomic E-state index is 0.145. The number of urea groups is 3. The third kappa shape index (κ3) is 15.2. The predicted octanol–water partition coefficient (Wildman–Crippen LogP) is -2.80. The van der Waals surface area contributed by atoms with Crippen molar-refractivity contribution in [2.24, 2.45) is 33.7 Å². The maximum absolute atomic E-state index is 14.0. The van der Waals surface area contributed by atoms with Gasteiger partial charge in [-0.1, -0.05) is 30.3 Å². The smallest absolute Gasteiger partial charge is 0.407 e. The molecule has 0 spiro atoms. The van der Waals surface area contributed by atoms with Gasteiger partial charge in [0, 0.05) is 12.6 Å². The summed E-state index contributed by atoms with van der Waals surface area (Å²) in [6.07, 6.45) is -5.14. The van der Waals surface area contributed by atoms with Crippen molar-refractivity contribution in [3.05, 3.63) is 71.8 Å². The molecule has 2 aromatic rings. The van der Waals surface area contributed by atoms with E-state index in [1.165, 1.54) is 18.2 Å². The van der Waals surface area contributed by atoms with Crippen molar-refractivity contribution >= 4 is 48.1 Å². The van der Waals surface area contributed by atoms with Gasteiger partial charge in [-0.15, -0.1) is 0 Å². The van der Waals surface area contributed by atoms with Gasteiger partial charge in [-0.3, -0.25) is 4.79 Å². The lowest BCUT2D eigenvalue weighted by atomic mass is 9.94. The molecule has 13 atom stereocenters. The molecule has 0 aromatic heterocycles. The largest absolute Gasteiger partial charge is 0.462 e. The van der Waals surface area contributed by atoms with E-state index in [-0.39, 0.29) is 23.8 Å². The minimum atomic E-state index is -1.64. The fraction of sp³-hybridized carbons (Fsp3) is 0.523. The molecule has 27 heteroatoms. The van der Waals surface area contributed by atoms with Gasteiger partial charge >= 0.3 is 30.2 Å². The van der Waals surface area contributed by atoms with E-state index in [0.717, 1.165) is 32.4 Å². The SMILES string of the molecule is C[C@H]1O[C@H](Oc2ccc(/C=C/C(=O)NCCCNCCCCN)cc2)[C@H](N=C(N)N)[C@@H](OC(=O)c2ccccc2)[C@@H]1NC(=O)N[C@@H]1OC[C@@H](O[C@@H]2OC[C@H]3OC(=O)N[C@@H]3[C@H]2NC(N)=O)[C@H](O)[C@H]1NC(N)=O. The van der Waals surface area contributed by atoms with E-state index in [1.807, 2.05) is 0 Å². The zero-order valence-corrected chi connectivity index (χ0v) is 38.8. The van der Waals surface area contributed by atoms with Crippen LogP contribution in [0.3, 0.4) is 0 Å². The minimum Gasteiger partial charge on any atom is -0.462 e. The predicted molar refractivity (Wildman–Crippen MR) is 250 cm³/mol. The van der Waals surface area contributed by atoms with Crippen molar-refractivity contribution in [1.29, 1.82) is 0 Å². The third-order valence-electron chi connectivity index (χ3n) is 11.6. The van der Waals surface area contributed by atoms with Crippen LogP contribution in [-0.2, 0) is 33.2 Å². The number of primary amides is 2. The Morgan fingerprint density at radius 1 is 0.845 bits per heavy atom. The third-order valence-corrected chi connectivity index (χ3v) is 11.6. The Kier molecular flexibility index (Phi) is 19.3. The van der Waals surface area contributed by atoms with E-state index in [9.17, 15) is 33.9 Å². The van der Waals surface area contributed by atoms with Crippen molar-refractivity contribution in [2.75, 3.05) is 39.4 Å². The van der Waals surface area contributed by atoms with Gasteiger partial charge in [0.05, 0.1) is 37.0 Å². The molecule has 4 heterocycles. The number of carbonyl (C=O) groups excluding carboxylic acids is 6. The fourth-order valence-corrected chi connectivity index (χ4v) is 8.21. The molecule has 4 saturated heterocycles. The molecule has 0 unspecified atom stereocenters. The van der Waals surface area contributed by atoms with Crippen LogP contribution in [0.4, 0.5) is 19.2 Å². The number of carbonyl (C=O) groups is 6. The number of rotatable bonds is 21. The van der Waals surface area contributed by atoms with Gasteiger partial charge in [0.15, 0.2) is 30.6 Å². The van der Waals surface area contributed by atoms with Crippen molar-refractivity contribution in [1.82, 2.24) is 37.2 Å². The number of aliphatic imine (C=N–C) groups is 1. The van der Waals surface area contributed by atoms with Crippen molar-refractivity contribution in [3.63, 3.8) is 0 Å². The maximum atomic E-state index is 14.0. The van der Waals surface area contributed by atoms with Gasteiger partial charge in [-0.25, -0.2) is 29.0 Å². The molecule has 6 rings (SSSR count). The molecule has 8 amide bonds. The highest BCUT2D eigenvalue weighted by Gasteiger charge is 2.52. The highest BCUT2D eigenvalue weighted by atomic mass is 16.7. The molecule has 0 aliphatic carbocycles. The topological polar surface area (TPSA) is 414 Å². The zero-order valence-electron chi connectivity index (χ0n) is 38.8. The standard InChI is InChI=1S/C44H63N13O14/c1-22-29(55-43(63)57-36-32(54-42(49)62)34(59)27(21-65-36)69-38-31(53-41(48)61)30-26(20-66-38)70-44(64)56-30)35(71-37(60)24-8-3-2-4-9-24)33(52-40(46)47)39(67-22)68-25-13-10-23(11-14-25)12-15-28(58)51-19-7-18-50-17-6-5-16-45/h2-4,8-15,22,26-27,29-36,38-39,50,59H,5-7,16-21,45H2,1H3,(H,51,58)(H,56,64)(H4,46,47,52)(H3,48,53,61)(H3,49,54,62)(H2,55,57,63)/b15-12+/t22-,26-,27-,29-,30+,31-,32-,33-,34+,35+,36-,38+,39-/m1/s1. The Labute approximate surface area is 407 Å². The monoisotopic (exact) mass is 997 g/mol. The number of aliphatic hydroxyl groups excluding tert-OH is 1. The van der Waals surface area contributed by atoms with E-state index >= 15 is 0 Å². The summed E-state index contributed by atoms with van der Waals surface area (Å²) < 4.78 is 41.4. The first-order chi connectivity index (χ1) is 34.1. The molecule has 388 valence electrons.